The monoisotopic (exact) mass is 289 g/mol. The molecule has 1 aromatic carbocycles. The Bertz CT molecular complexity index is 528. The molecular weight excluding hydrogens is 265 g/mol. The van der Waals surface area contributed by atoms with Crippen LogP contribution in [0, 0.1) is 12.7 Å². The number of rotatable bonds is 4. The van der Waals surface area contributed by atoms with Gasteiger partial charge in [-0.2, -0.15) is 0 Å². The maximum atomic E-state index is 13.2. The van der Waals surface area contributed by atoms with E-state index in [0.717, 1.165) is 49.9 Å². The molecule has 0 N–H and O–H groups in total. The van der Waals surface area contributed by atoms with Crippen LogP contribution in [-0.4, -0.2) is 29.3 Å². The maximum absolute atomic E-state index is 13.2. The van der Waals surface area contributed by atoms with E-state index in [9.17, 15) is 9.18 Å². The molecule has 1 aliphatic carbocycles. The molecule has 1 heterocycles. The van der Waals surface area contributed by atoms with Gasteiger partial charge in [-0.15, -0.1) is 0 Å². The molecule has 0 unspecified atom stereocenters. The third-order valence-corrected chi connectivity index (χ3v) is 5.32. The minimum Gasteiger partial charge on any atom is -0.297 e. The summed E-state index contributed by atoms with van der Waals surface area (Å²) in [6.07, 6.45) is 7.20. The Hall–Kier alpha value is -1.22. The van der Waals surface area contributed by atoms with E-state index < -0.39 is 0 Å². The first kappa shape index (κ1) is 14.7. The zero-order valence-electron chi connectivity index (χ0n) is 12.8. The van der Waals surface area contributed by atoms with Crippen molar-refractivity contribution < 1.29 is 9.18 Å². The molecular formula is C18H24FNO. The van der Waals surface area contributed by atoms with Crippen LogP contribution in [0.2, 0.25) is 0 Å². The molecule has 0 bridgehead atoms. The number of carbonyl (C=O) groups excluding carboxylic acids is 1. The summed E-state index contributed by atoms with van der Waals surface area (Å²) in [6.45, 7) is 4.02. The van der Waals surface area contributed by atoms with Gasteiger partial charge in [-0.1, -0.05) is 18.9 Å². The molecule has 3 rings (SSSR count). The van der Waals surface area contributed by atoms with Crippen molar-refractivity contribution in [1.29, 1.82) is 0 Å². The average molecular weight is 289 g/mol. The second-order valence-electron chi connectivity index (χ2n) is 6.60. The summed E-state index contributed by atoms with van der Waals surface area (Å²) in [7, 11) is 0. The van der Waals surface area contributed by atoms with Gasteiger partial charge in [0.05, 0.1) is 5.54 Å². The number of likely N-dealkylation sites (tertiary alicyclic amines) is 1. The third kappa shape index (κ3) is 2.76. The van der Waals surface area contributed by atoms with Crippen LogP contribution in [0.3, 0.4) is 0 Å². The van der Waals surface area contributed by atoms with E-state index in [1.807, 2.05) is 6.92 Å². The lowest BCUT2D eigenvalue weighted by Crippen LogP contribution is -2.52. The predicted octanol–water partition coefficient (Wildman–Crippen LogP) is 3.65. The number of aryl methyl sites for hydroxylation is 1. The van der Waals surface area contributed by atoms with E-state index in [1.165, 1.54) is 25.0 Å². The van der Waals surface area contributed by atoms with Crippen molar-refractivity contribution in [2.45, 2.75) is 57.4 Å². The summed E-state index contributed by atoms with van der Waals surface area (Å²) >= 11 is 0. The molecule has 114 valence electrons. The molecule has 0 aromatic heterocycles. The Labute approximate surface area is 126 Å². The number of nitrogens with zero attached hydrogens (tertiary/aromatic N) is 1. The first-order valence-corrected chi connectivity index (χ1v) is 8.15. The Kier molecular flexibility index (Phi) is 4.12. The van der Waals surface area contributed by atoms with Gasteiger partial charge in [0.2, 0.25) is 0 Å². The van der Waals surface area contributed by atoms with Crippen molar-refractivity contribution in [3.63, 3.8) is 0 Å². The zero-order chi connectivity index (χ0) is 14.9. The van der Waals surface area contributed by atoms with Gasteiger partial charge in [-0.05, 0) is 69.0 Å². The van der Waals surface area contributed by atoms with Gasteiger partial charge >= 0.3 is 0 Å². The Morgan fingerprint density at radius 3 is 2.48 bits per heavy atom. The van der Waals surface area contributed by atoms with E-state index in [4.69, 9.17) is 0 Å². The minimum atomic E-state index is -0.225. The van der Waals surface area contributed by atoms with Gasteiger partial charge < -0.3 is 0 Å². The summed E-state index contributed by atoms with van der Waals surface area (Å²) in [6, 6.07) is 4.77. The highest BCUT2D eigenvalue weighted by Crippen LogP contribution is 2.39. The van der Waals surface area contributed by atoms with Gasteiger partial charge in [0.15, 0.2) is 5.78 Å². The number of halogens is 1. The van der Waals surface area contributed by atoms with Gasteiger partial charge in [0.1, 0.15) is 5.82 Å². The Balaban J connectivity index is 1.81. The van der Waals surface area contributed by atoms with E-state index in [-0.39, 0.29) is 11.4 Å². The van der Waals surface area contributed by atoms with Crippen LogP contribution in [0.4, 0.5) is 4.39 Å². The summed E-state index contributed by atoms with van der Waals surface area (Å²) in [5.74, 6) is 0.121. The van der Waals surface area contributed by atoms with Gasteiger partial charge in [-0.3, -0.25) is 9.69 Å². The molecule has 1 aromatic rings. The van der Waals surface area contributed by atoms with Crippen LogP contribution >= 0.6 is 0 Å². The molecule has 21 heavy (non-hydrogen) atoms. The topological polar surface area (TPSA) is 20.3 Å². The standard InChI is InChI=1S/C18H24FNO/c1-14-12-16(19)7-6-15(14)13-17(21)18(8-2-3-9-18)20-10-4-5-11-20/h6-7,12H,2-5,8-11,13H2,1H3. The van der Waals surface area contributed by atoms with Crippen LogP contribution in [0.15, 0.2) is 18.2 Å². The molecule has 1 saturated carbocycles. The zero-order valence-corrected chi connectivity index (χ0v) is 12.8. The molecule has 2 nitrogen and oxygen atoms in total. The Morgan fingerprint density at radius 2 is 1.86 bits per heavy atom. The number of ketones is 1. The molecule has 1 saturated heterocycles. The fourth-order valence-corrected chi connectivity index (χ4v) is 4.07. The lowest BCUT2D eigenvalue weighted by molar-refractivity contribution is -0.129. The lowest BCUT2D eigenvalue weighted by atomic mass is 9.85. The molecule has 1 aliphatic heterocycles. The van der Waals surface area contributed by atoms with Crippen LogP contribution in [0.25, 0.3) is 0 Å². The van der Waals surface area contributed by atoms with Gasteiger partial charge in [0, 0.05) is 6.42 Å². The fourth-order valence-electron chi connectivity index (χ4n) is 4.07. The minimum absolute atomic E-state index is 0.223. The van der Waals surface area contributed by atoms with E-state index in [2.05, 4.69) is 4.90 Å². The number of hydrogen-bond acceptors (Lipinski definition) is 2. The van der Waals surface area contributed by atoms with Crippen molar-refractivity contribution in [2.24, 2.45) is 0 Å². The molecule has 2 fully saturated rings. The highest BCUT2D eigenvalue weighted by Gasteiger charge is 2.46. The summed E-state index contributed by atoms with van der Waals surface area (Å²) in [5, 5.41) is 0. The van der Waals surface area contributed by atoms with Gasteiger partial charge in [-0.25, -0.2) is 4.39 Å². The molecule has 0 amide bonds. The first-order chi connectivity index (χ1) is 10.1. The fraction of sp³-hybridized carbons (Fsp3) is 0.611. The van der Waals surface area contributed by atoms with Crippen LogP contribution in [-0.2, 0) is 11.2 Å². The van der Waals surface area contributed by atoms with Crippen LogP contribution < -0.4 is 0 Å². The first-order valence-electron chi connectivity index (χ1n) is 8.15. The van der Waals surface area contributed by atoms with Crippen LogP contribution in [0.1, 0.15) is 49.7 Å². The maximum Gasteiger partial charge on any atom is 0.157 e. The van der Waals surface area contributed by atoms with E-state index in [0.29, 0.717) is 12.2 Å². The van der Waals surface area contributed by atoms with Crippen molar-refractivity contribution in [3.05, 3.63) is 35.1 Å². The molecule has 2 aliphatic rings. The number of Topliss-reactive ketones (excluding diaryl/α,β-unsaturated/α-hetero) is 1. The molecule has 0 radical (unpaired) electrons. The second kappa shape index (κ2) is 5.88. The number of carbonyl (C=O) groups is 1. The van der Waals surface area contributed by atoms with Crippen molar-refractivity contribution in [2.75, 3.05) is 13.1 Å². The largest absolute Gasteiger partial charge is 0.297 e. The van der Waals surface area contributed by atoms with Crippen molar-refractivity contribution in [1.82, 2.24) is 4.90 Å². The molecule has 3 heteroatoms. The summed E-state index contributed by atoms with van der Waals surface area (Å²) in [4.78, 5) is 15.5. The van der Waals surface area contributed by atoms with Crippen molar-refractivity contribution >= 4 is 5.78 Å². The number of hydrogen-bond donors (Lipinski definition) is 0. The highest BCUT2D eigenvalue weighted by atomic mass is 19.1. The summed E-state index contributed by atoms with van der Waals surface area (Å²) in [5.41, 5.74) is 1.64. The smallest absolute Gasteiger partial charge is 0.157 e. The third-order valence-electron chi connectivity index (χ3n) is 5.32. The highest BCUT2D eigenvalue weighted by molar-refractivity contribution is 5.90. The second-order valence-corrected chi connectivity index (χ2v) is 6.60. The quantitative estimate of drug-likeness (QED) is 0.843. The van der Waals surface area contributed by atoms with Crippen LogP contribution in [0.5, 0.6) is 0 Å². The van der Waals surface area contributed by atoms with Gasteiger partial charge in [0.25, 0.3) is 0 Å². The lowest BCUT2D eigenvalue weighted by Gasteiger charge is -2.37. The van der Waals surface area contributed by atoms with E-state index >= 15 is 0 Å². The van der Waals surface area contributed by atoms with Crippen molar-refractivity contribution in [3.8, 4) is 0 Å². The SMILES string of the molecule is Cc1cc(F)ccc1CC(=O)C1(N2CCCC2)CCCC1. The normalized spacial score (nSPS) is 21.8. The number of benzene rings is 1. The average Bonchev–Trinajstić information content (AvgIpc) is 3.11. The predicted molar refractivity (Wildman–Crippen MR) is 81.9 cm³/mol. The van der Waals surface area contributed by atoms with E-state index in [1.54, 1.807) is 6.07 Å². The molecule has 0 spiro atoms. The summed E-state index contributed by atoms with van der Waals surface area (Å²) < 4.78 is 13.2. The Morgan fingerprint density at radius 1 is 1.19 bits per heavy atom. The molecule has 0 atom stereocenters.